The Morgan fingerprint density at radius 3 is 2.41 bits per heavy atom. The Labute approximate surface area is 173 Å². The Morgan fingerprint density at radius 2 is 1.79 bits per heavy atom. The number of benzene rings is 2. The van der Waals surface area contributed by atoms with Crippen LogP contribution in [-0.4, -0.2) is 33.7 Å². The quantitative estimate of drug-likeness (QED) is 0.636. The van der Waals surface area contributed by atoms with Crippen LogP contribution in [0.25, 0.3) is 0 Å². The normalized spacial score (nSPS) is 12.3. The summed E-state index contributed by atoms with van der Waals surface area (Å²) < 4.78 is 31.5. The Bertz CT molecular complexity index is 911. The average Bonchev–Trinajstić information content (AvgIpc) is 2.66. The van der Waals surface area contributed by atoms with Crippen LogP contribution in [0.15, 0.2) is 48.5 Å². The summed E-state index contributed by atoms with van der Waals surface area (Å²) in [6.45, 7) is 6.44. The zero-order chi connectivity index (χ0) is 21.4. The minimum Gasteiger partial charge on any atom is -0.492 e. The fourth-order valence-corrected chi connectivity index (χ4v) is 4.01. The Balaban J connectivity index is 1.98. The highest BCUT2D eigenvalue weighted by Gasteiger charge is 2.21. The molecule has 0 aromatic heterocycles. The summed E-state index contributed by atoms with van der Waals surface area (Å²) in [5.74, 6) is 0.405. The van der Waals surface area contributed by atoms with Crippen molar-refractivity contribution >= 4 is 21.6 Å². The van der Waals surface area contributed by atoms with Gasteiger partial charge in [0, 0.05) is 13.0 Å². The summed E-state index contributed by atoms with van der Waals surface area (Å²) in [6.07, 6.45) is 1.80. The highest BCUT2D eigenvalue weighted by molar-refractivity contribution is 7.92. The lowest BCUT2D eigenvalue weighted by molar-refractivity contribution is -0.121. The number of para-hydroxylation sites is 2. The maximum Gasteiger partial charge on any atom is 0.232 e. The second-order valence-corrected chi connectivity index (χ2v) is 8.95. The number of nitrogens with one attached hydrogen (secondary N) is 1. The number of hydrogen-bond donors (Lipinski definition) is 1. The predicted molar refractivity (Wildman–Crippen MR) is 117 cm³/mol. The van der Waals surface area contributed by atoms with Crippen molar-refractivity contribution in [2.75, 3.05) is 23.7 Å². The first-order chi connectivity index (χ1) is 13.7. The number of hydrogen-bond acceptors (Lipinski definition) is 4. The molecule has 158 valence electrons. The molecule has 0 heterocycles. The number of anilines is 1. The summed E-state index contributed by atoms with van der Waals surface area (Å²) in [5.41, 5.74) is 2.69. The van der Waals surface area contributed by atoms with Gasteiger partial charge in [0.1, 0.15) is 5.75 Å². The molecular weight excluding hydrogens is 388 g/mol. The van der Waals surface area contributed by atoms with Crippen LogP contribution in [0.2, 0.25) is 0 Å². The molecule has 7 heteroatoms. The van der Waals surface area contributed by atoms with Gasteiger partial charge >= 0.3 is 0 Å². The van der Waals surface area contributed by atoms with Crippen molar-refractivity contribution in [1.82, 2.24) is 5.32 Å². The number of ether oxygens (including phenoxy) is 1. The van der Waals surface area contributed by atoms with E-state index in [2.05, 4.69) is 5.32 Å². The lowest BCUT2D eigenvalue weighted by atomic mass is 10.1. The van der Waals surface area contributed by atoms with Crippen molar-refractivity contribution in [3.05, 3.63) is 59.7 Å². The van der Waals surface area contributed by atoms with Gasteiger partial charge in [0.2, 0.25) is 15.9 Å². The lowest BCUT2D eigenvalue weighted by Gasteiger charge is -2.24. The first-order valence-corrected chi connectivity index (χ1v) is 11.6. The summed E-state index contributed by atoms with van der Waals surface area (Å²) in [7, 11) is -3.51. The van der Waals surface area contributed by atoms with Crippen LogP contribution in [-0.2, 0) is 14.8 Å². The molecule has 0 fully saturated rings. The van der Waals surface area contributed by atoms with Gasteiger partial charge in [-0.1, -0.05) is 42.0 Å². The van der Waals surface area contributed by atoms with Gasteiger partial charge in [0.15, 0.2) is 0 Å². The summed E-state index contributed by atoms with van der Waals surface area (Å²) in [6, 6.07) is 14.9. The minimum absolute atomic E-state index is 0.104. The van der Waals surface area contributed by atoms with E-state index < -0.39 is 10.0 Å². The van der Waals surface area contributed by atoms with Gasteiger partial charge in [0.25, 0.3) is 0 Å². The van der Waals surface area contributed by atoms with E-state index in [9.17, 15) is 13.2 Å². The zero-order valence-corrected chi connectivity index (χ0v) is 18.3. The van der Waals surface area contributed by atoms with Crippen molar-refractivity contribution < 1.29 is 17.9 Å². The summed E-state index contributed by atoms with van der Waals surface area (Å²) >= 11 is 0. The molecule has 1 amide bonds. The number of aryl methyl sites for hydroxylation is 1. The third-order valence-electron chi connectivity index (χ3n) is 4.55. The number of amides is 1. The molecule has 0 bridgehead atoms. The molecule has 2 aromatic carbocycles. The number of carbonyl (C=O) groups excluding carboxylic acids is 1. The van der Waals surface area contributed by atoms with Gasteiger partial charge < -0.3 is 10.1 Å². The average molecular weight is 419 g/mol. The highest BCUT2D eigenvalue weighted by atomic mass is 32.2. The highest BCUT2D eigenvalue weighted by Crippen LogP contribution is 2.30. The van der Waals surface area contributed by atoms with Gasteiger partial charge in [-0.25, -0.2) is 8.42 Å². The molecule has 6 nitrogen and oxygen atoms in total. The Kier molecular flexibility index (Phi) is 8.08. The molecule has 0 saturated heterocycles. The van der Waals surface area contributed by atoms with E-state index in [0.29, 0.717) is 24.5 Å². The second-order valence-electron chi connectivity index (χ2n) is 7.04. The molecule has 0 aliphatic carbocycles. The predicted octanol–water partition coefficient (Wildman–Crippen LogP) is 3.82. The summed E-state index contributed by atoms with van der Waals surface area (Å²) in [4.78, 5) is 12.3. The lowest BCUT2D eigenvalue weighted by Crippen LogP contribution is -2.33. The van der Waals surface area contributed by atoms with Crippen molar-refractivity contribution in [1.29, 1.82) is 0 Å². The third kappa shape index (κ3) is 6.78. The van der Waals surface area contributed by atoms with Crippen LogP contribution in [0.5, 0.6) is 5.75 Å². The topological polar surface area (TPSA) is 75.7 Å². The SMILES string of the molecule is CCOc1ccccc1N(CCCC(=O)N[C@H](C)c1ccc(C)cc1)S(C)(=O)=O. The third-order valence-corrected chi connectivity index (χ3v) is 5.73. The van der Waals surface area contributed by atoms with Crippen molar-refractivity contribution in [2.24, 2.45) is 0 Å². The standard InChI is InChI=1S/C22H30N2O4S/c1-5-28-21-10-7-6-9-20(21)24(29(4,26)27)16-8-11-22(25)23-18(3)19-14-12-17(2)13-15-19/h6-7,9-10,12-15,18H,5,8,11,16H2,1-4H3,(H,23,25)/t18-/m1/s1. The molecule has 0 aliphatic rings. The van der Waals surface area contributed by atoms with Crippen LogP contribution < -0.4 is 14.4 Å². The van der Waals surface area contributed by atoms with E-state index in [1.54, 1.807) is 24.3 Å². The van der Waals surface area contributed by atoms with Gasteiger partial charge in [-0.15, -0.1) is 0 Å². The first-order valence-electron chi connectivity index (χ1n) is 9.77. The summed E-state index contributed by atoms with van der Waals surface area (Å²) in [5, 5.41) is 2.97. The molecule has 29 heavy (non-hydrogen) atoms. The Hall–Kier alpha value is -2.54. The molecule has 0 aliphatic heterocycles. The first kappa shape index (κ1) is 22.7. The van der Waals surface area contributed by atoms with Gasteiger partial charge in [0.05, 0.1) is 24.6 Å². The molecule has 2 aromatic rings. The van der Waals surface area contributed by atoms with Crippen LogP contribution in [0, 0.1) is 6.92 Å². The number of rotatable bonds is 10. The maximum atomic E-state index is 12.3. The van der Waals surface area contributed by atoms with Gasteiger partial charge in [-0.2, -0.15) is 0 Å². The van der Waals surface area contributed by atoms with Crippen LogP contribution >= 0.6 is 0 Å². The van der Waals surface area contributed by atoms with Crippen LogP contribution in [0.1, 0.15) is 43.9 Å². The van der Waals surface area contributed by atoms with Crippen molar-refractivity contribution in [2.45, 2.75) is 39.7 Å². The number of sulfonamides is 1. The van der Waals surface area contributed by atoms with Gasteiger partial charge in [-0.3, -0.25) is 9.10 Å². The van der Waals surface area contributed by atoms with E-state index in [1.165, 1.54) is 9.87 Å². The molecular formula is C22H30N2O4S. The van der Waals surface area contributed by atoms with Crippen LogP contribution in [0.3, 0.4) is 0 Å². The fourth-order valence-electron chi connectivity index (χ4n) is 3.04. The van der Waals surface area contributed by atoms with E-state index in [4.69, 9.17) is 4.74 Å². The molecule has 0 saturated carbocycles. The molecule has 0 unspecified atom stereocenters. The molecule has 1 N–H and O–H groups in total. The second kappa shape index (κ2) is 10.3. The largest absolute Gasteiger partial charge is 0.492 e. The van der Waals surface area contributed by atoms with E-state index >= 15 is 0 Å². The smallest absolute Gasteiger partial charge is 0.232 e. The monoisotopic (exact) mass is 418 g/mol. The Morgan fingerprint density at radius 1 is 1.14 bits per heavy atom. The molecule has 0 radical (unpaired) electrons. The molecule has 1 atom stereocenters. The number of carbonyl (C=O) groups is 1. The fraction of sp³-hybridized carbons (Fsp3) is 0.409. The van der Waals surface area contributed by atoms with E-state index in [0.717, 1.165) is 11.8 Å². The minimum atomic E-state index is -3.51. The molecule has 0 spiro atoms. The van der Waals surface area contributed by atoms with Crippen molar-refractivity contribution in [3.63, 3.8) is 0 Å². The number of nitrogens with zero attached hydrogens (tertiary/aromatic N) is 1. The molecule has 2 rings (SSSR count). The van der Waals surface area contributed by atoms with Gasteiger partial charge in [-0.05, 0) is 44.9 Å². The maximum absolute atomic E-state index is 12.3. The zero-order valence-electron chi connectivity index (χ0n) is 17.5. The van der Waals surface area contributed by atoms with E-state index in [1.807, 2.05) is 45.0 Å². The van der Waals surface area contributed by atoms with E-state index in [-0.39, 0.29) is 24.9 Å². The van der Waals surface area contributed by atoms with Crippen molar-refractivity contribution in [3.8, 4) is 5.75 Å². The van der Waals surface area contributed by atoms with Crippen LogP contribution in [0.4, 0.5) is 5.69 Å².